The number of carbonyl (C=O) groups excluding carboxylic acids is 1. The van der Waals surface area contributed by atoms with E-state index in [1.54, 1.807) is 32.9 Å². The highest BCUT2D eigenvalue weighted by molar-refractivity contribution is 5.72. The lowest BCUT2D eigenvalue weighted by molar-refractivity contribution is -0.171. The van der Waals surface area contributed by atoms with Gasteiger partial charge in [0.2, 0.25) is 0 Å². The molecule has 7 nitrogen and oxygen atoms in total. The molecular formula is C15H21NO6. The first-order valence-electron chi connectivity index (χ1n) is 7.05. The second-order valence-electron chi connectivity index (χ2n) is 6.46. The molecule has 22 heavy (non-hydrogen) atoms. The maximum absolute atomic E-state index is 11.9. The van der Waals surface area contributed by atoms with Crippen molar-refractivity contribution in [2.24, 2.45) is 0 Å². The van der Waals surface area contributed by atoms with Gasteiger partial charge >= 0.3 is 12.1 Å². The van der Waals surface area contributed by atoms with Gasteiger partial charge in [-0.1, -0.05) is 0 Å². The van der Waals surface area contributed by atoms with Crippen LogP contribution in [0.5, 0.6) is 0 Å². The van der Waals surface area contributed by atoms with Gasteiger partial charge in [0, 0.05) is 0 Å². The molecule has 1 aromatic rings. The molecule has 1 N–H and O–H groups in total. The van der Waals surface area contributed by atoms with Crippen molar-refractivity contribution < 1.29 is 28.6 Å². The van der Waals surface area contributed by atoms with Gasteiger partial charge in [-0.15, -0.1) is 0 Å². The number of furan rings is 1. The summed E-state index contributed by atoms with van der Waals surface area (Å²) in [6.07, 6.45) is 0.888. The molecule has 7 heteroatoms. The molecule has 1 saturated heterocycles. The van der Waals surface area contributed by atoms with E-state index in [2.05, 4.69) is 0 Å². The second kappa shape index (κ2) is 6.00. The smallest absolute Gasteiger partial charge is 0.410 e. The van der Waals surface area contributed by atoms with Gasteiger partial charge < -0.3 is 23.9 Å². The van der Waals surface area contributed by atoms with Crippen LogP contribution in [-0.4, -0.2) is 46.4 Å². The molecule has 1 fully saturated rings. The quantitative estimate of drug-likeness (QED) is 0.897. The largest absolute Gasteiger partial charge is 0.481 e. The van der Waals surface area contributed by atoms with E-state index in [0.29, 0.717) is 5.76 Å². The molecule has 0 atom stereocenters. The van der Waals surface area contributed by atoms with Gasteiger partial charge in [-0.3, -0.25) is 4.79 Å². The number of amides is 1. The maximum atomic E-state index is 11.9. The van der Waals surface area contributed by atoms with Gasteiger partial charge in [-0.2, -0.15) is 0 Å². The van der Waals surface area contributed by atoms with Crippen molar-refractivity contribution in [3.63, 3.8) is 0 Å². The Labute approximate surface area is 128 Å². The Hall–Kier alpha value is -2.02. The zero-order valence-corrected chi connectivity index (χ0v) is 13.0. The molecule has 1 aliphatic heterocycles. The first-order valence-corrected chi connectivity index (χ1v) is 7.05. The van der Waals surface area contributed by atoms with E-state index in [9.17, 15) is 9.59 Å². The number of nitrogens with zero attached hydrogens (tertiary/aromatic N) is 1. The number of carbonyl (C=O) groups is 2. The Kier molecular flexibility index (Phi) is 4.46. The summed E-state index contributed by atoms with van der Waals surface area (Å²) in [7, 11) is 0. The number of hydrogen-bond donors (Lipinski definition) is 1. The molecule has 1 aromatic heterocycles. The number of rotatable bonds is 5. The number of hydrogen-bond acceptors (Lipinski definition) is 5. The predicted molar refractivity (Wildman–Crippen MR) is 76.3 cm³/mol. The van der Waals surface area contributed by atoms with Crippen LogP contribution in [0.4, 0.5) is 4.79 Å². The fraction of sp³-hybridized carbons (Fsp3) is 0.600. The SMILES string of the molecule is CC(C)(C)OC(=O)N1CC(CC(=O)O)(OCc2ccco2)C1. The molecule has 2 rings (SSSR count). The molecule has 0 spiro atoms. The number of carboxylic acid groups (broad SMARTS) is 1. The molecular weight excluding hydrogens is 290 g/mol. The Bertz CT molecular complexity index is 525. The third-order valence-electron chi connectivity index (χ3n) is 3.18. The monoisotopic (exact) mass is 311 g/mol. The fourth-order valence-electron chi connectivity index (χ4n) is 2.25. The van der Waals surface area contributed by atoms with Crippen LogP contribution >= 0.6 is 0 Å². The lowest BCUT2D eigenvalue weighted by Crippen LogP contribution is -2.65. The Balaban J connectivity index is 1.93. The maximum Gasteiger partial charge on any atom is 0.410 e. The predicted octanol–water partition coefficient (Wildman–Crippen LogP) is 2.26. The van der Waals surface area contributed by atoms with Crippen LogP contribution in [0.15, 0.2) is 22.8 Å². The van der Waals surface area contributed by atoms with Crippen LogP contribution in [0.3, 0.4) is 0 Å². The van der Waals surface area contributed by atoms with Crippen molar-refractivity contribution in [2.75, 3.05) is 13.1 Å². The van der Waals surface area contributed by atoms with Crippen molar-refractivity contribution in [3.05, 3.63) is 24.2 Å². The number of likely N-dealkylation sites (tertiary alicyclic amines) is 1. The van der Waals surface area contributed by atoms with Gasteiger partial charge in [-0.05, 0) is 32.9 Å². The Morgan fingerprint density at radius 3 is 2.59 bits per heavy atom. The Morgan fingerprint density at radius 1 is 1.41 bits per heavy atom. The van der Waals surface area contributed by atoms with E-state index in [0.717, 1.165) is 0 Å². The third-order valence-corrected chi connectivity index (χ3v) is 3.18. The molecule has 0 saturated carbocycles. The normalized spacial score (nSPS) is 17.0. The van der Waals surface area contributed by atoms with Gasteiger partial charge in [0.25, 0.3) is 0 Å². The lowest BCUT2D eigenvalue weighted by atomic mass is 9.90. The van der Waals surface area contributed by atoms with Crippen LogP contribution in [0.25, 0.3) is 0 Å². The van der Waals surface area contributed by atoms with Crippen LogP contribution in [0, 0.1) is 0 Å². The van der Waals surface area contributed by atoms with Crippen molar-refractivity contribution in [2.45, 2.75) is 45.0 Å². The van der Waals surface area contributed by atoms with Gasteiger partial charge in [0.05, 0.1) is 25.8 Å². The van der Waals surface area contributed by atoms with Crippen LogP contribution in [0.2, 0.25) is 0 Å². The summed E-state index contributed by atoms with van der Waals surface area (Å²) < 4.78 is 16.1. The summed E-state index contributed by atoms with van der Waals surface area (Å²) in [5.41, 5.74) is -1.48. The lowest BCUT2D eigenvalue weighted by Gasteiger charge is -2.48. The summed E-state index contributed by atoms with van der Waals surface area (Å²) >= 11 is 0. The minimum absolute atomic E-state index is 0.169. The third kappa shape index (κ3) is 4.24. The van der Waals surface area contributed by atoms with E-state index >= 15 is 0 Å². The van der Waals surface area contributed by atoms with Crippen LogP contribution in [-0.2, 0) is 20.9 Å². The van der Waals surface area contributed by atoms with Crippen molar-refractivity contribution in [3.8, 4) is 0 Å². The molecule has 0 unspecified atom stereocenters. The minimum atomic E-state index is -0.969. The minimum Gasteiger partial charge on any atom is -0.481 e. The first-order chi connectivity index (χ1) is 10.2. The summed E-state index contributed by atoms with van der Waals surface area (Å²) in [4.78, 5) is 24.4. The molecule has 2 heterocycles. The molecule has 0 aromatic carbocycles. The summed E-state index contributed by atoms with van der Waals surface area (Å²) in [6, 6.07) is 3.48. The fourth-order valence-corrected chi connectivity index (χ4v) is 2.25. The van der Waals surface area contributed by atoms with Crippen molar-refractivity contribution >= 4 is 12.1 Å². The molecule has 0 radical (unpaired) electrons. The standard InChI is InChI=1S/C15H21NO6/c1-14(2,3)22-13(19)16-9-15(10-16,7-12(17)18)21-8-11-5-4-6-20-11/h4-6H,7-10H2,1-3H3,(H,17,18). The number of carboxylic acids is 1. The summed E-state index contributed by atoms with van der Waals surface area (Å²) in [6.45, 7) is 5.89. The van der Waals surface area contributed by atoms with Gasteiger partial charge in [0.15, 0.2) is 0 Å². The van der Waals surface area contributed by atoms with E-state index in [-0.39, 0.29) is 26.1 Å². The average Bonchev–Trinajstić information content (AvgIpc) is 2.81. The average molecular weight is 311 g/mol. The number of ether oxygens (including phenoxy) is 2. The van der Waals surface area contributed by atoms with E-state index < -0.39 is 23.3 Å². The summed E-state index contributed by atoms with van der Waals surface area (Å²) in [5.74, 6) is -0.358. The zero-order valence-electron chi connectivity index (χ0n) is 13.0. The highest BCUT2D eigenvalue weighted by Crippen LogP contribution is 2.31. The van der Waals surface area contributed by atoms with Gasteiger partial charge in [-0.25, -0.2) is 4.79 Å². The van der Waals surface area contributed by atoms with E-state index in [4.69, 9.17) is 19.0 Å². The molecule has 122 valence electrons. The van der Waals surface area contributed by atoms with Crippen LogP contribution in [0.1, 0.15) is 33.0 Å². The second-order valence-corrected chi connectivity index (χ2v) is 6.46. The summed E-state index contributed by atoms with van der Waals surface area (Å²) in [5, 5.41) is 9.04. The molecule has 0 aliphatic carbocycles. The van der Waals surface area contributed by atoms with Gasteiger partial charge in [0.1, 0.15) is 23.6 Å². The van der Waals surface area contributed by atoms with E-state index in [1.165, 1.54) is 11.2 Å². The Morgan fingerprint density at radius 2 is 2.09 bits per heavy atom. The zero-order chi connectivity index (χ0) is 16.4. The first kappa shape index (κ1) is 16.4. The van der Waals surface area contributed by atoms with Crippen molar-refractivity contribution in [1.82, 2.24) is 4.90 Å². The van der Waals surface area contributed by atoms with Crippen molar-refractivity contribution in [1.29, 1.82) is 0 Å². The van der Waals surface area contributed by atoms with Crippen LogP contribution < -0.4 is 0 Å². The molecule has 0 bridgehead atoms. The molecule has 1 aliphatic rings. The van der Waals surface area contributed by atoms with E-state index in [1.807, 2.05) is 0 Å². The highest BCUT2D eigenvalue weighted by Gasteiger charge is 2.49. The topological polar surface area (TPSA) is 89.2 Å². The number of aliphatic carboxylic acids is 1. The molecule has 1 amide bonds. The highest BCUT2D eigenvalue weighted by atomic mass is 16.6.